The third kappa shape index (κ3) is 2.43. The van der Waals surface area contributed by atoms with Gasteiger partial charge < -0.3 is 20.1 Å². The highest BCUT2D eigenvalue weighted by atomic mass is 16.5. The molecule has 1 saturated heterocycles. The van der Waals surface area contributed by atoms with Gasteiger partial charge in [-0.3, -0.25) is 4.79 Å². The summed E-state index contributed by atoms with van der Waals surface area (Å²) in [6.45, 7) is 3.77. The van der Waals surface area contributed by atoms with E-state index in [1.165, 1.54) is 0 Å². The van der Waals surface area contributed by atoms with Gasteiger partial charge in [-0.15, -0.1) is 0 Å². The summed E-state index contributed by atoms with van der Waals surface area (Å²) in [5.41, 5.74) is 1.04. The fourth-order valence-corrected chi connectivity index (χ4v) is 2.57. The van der Waals surface area contributed by atoms with Crippen LogP contribution in [0.25, 0.3) is 0 Å². The molecule has 2 aliphatic rings. The van der Waals surface area contributed by atoms with E-state index in [1.807, 2.05) is 31.2 Å². The first-order valence-corrected chi connectivity index (χ1v) is 6.63. The number of fused-ring (bicyclic) bond motifs is 1. The minimum atomic E-state index is -0.290. The molecule has 5 nitrogen and oxygen atoms in total. The summed E-state index contributed by atoms with van der Waals surface area (Å²) in [4.78, 5) is 12.3. The second-order valence-corrected chi connectivity index (χ2v) is 4.92. The average Bonchev–Trinajstić information content (AvgIpc) is 2.83. The second kappa shape index (κ2) is 5.19. The maximum atomic E-state index is 12.3. The van der Waals surface area contributed by atoms with Crippen molar-refractivity contribution in [2.24, 2.45) is 0 Å². The molecule has 0 bridgehead atoms. The van der Waals surface area contributed by atoms with Gasteiger partial charge in [0.05, 0.1) is 18.8 Å². The lowest BCUT2D eigenvalue weighted by Crippen LogP contribution is -2.56. The number of hydrogen-bond acceptors (Lipinski definition) is 4. The molecule has 0 saturated carbocycles. The molecule has 19 heavy (non-hydrogen) atoms. The van der Waals surface area contributed by atoms with Crippen molar-refractivity contribution < 1.29 is 14.3 Å². The van der Waals surface area contributed by atoms with E-state index in [4.69, 9.17) is 9.47 Å². The number of hydrogen-bond donors (Lipinski definition) is 2. The van der Waals surface area contributed by atoms with Gasteiger partial charge in [-0.2, -0.15) is 0 Å². The molecule has 1 aromatic rings. The van der Waals surface area contributed by atoms with Gasteiger partial charge in [-0.25, -0.2) is 0 Å². The predicted octanol–water partition coefficient (Wildman–Crippen LogP) is 0.613. The van der Waals surface area contributed by atoms with Crippen LogP contribution < -0.4 is 15.4 Å². The Bertz CT molecular complexity index is 478. The number of ether oxygens (including phenoxy) is 2. The van der Waals surface area contributed by atoms with Gasteiger partial charge in [-0.1, -0.05) is 18.2 Å². The molecule has 2 heterocycles. The maximum absolute atomic E-state index is 12.3. The van der Waals surface area contributed by atoms with Crippen molar-refractivity contribution in [1.82, 2.24) is 10.6 Å². The Hall–Kier alpha value is -1.59. The van der Waals surface area contributed by atoms with E-state index >= 15 is 0 Å². The Kier molecular flexibility index (Phi) is 3.40. The summed E-state index contributed by atoms with van der Waals surface area (Å²) in [6, 6.07) is 7.44. The minimum Gasteiger partial charge on any atom is -0.491 e. The highest BCUT2D eigenvalue weighted by Crippen LogP contribution is 2.31. The van der Waals surface area contributed by atoms with E-state index in [0.29, 0.717) is 19.8 Å². The van der Waals surface area contributed by atoms with Gasteiger partial charge in [0.1, 0.15) is 18.4 Å². The summed E-state index contributed by atoms with van der Waals surface area (Å²) in [6.07, 6.45) is -0.105. The van der Waals surface area contributed by atoms with E-state index in [1.54, 1.807) is 0 Å². The number of carbonyl (C=O) groups excluding carboxylic acids is 1. The molecular weight excluding hydrogens is 244 g/mol. The molecule has 1 unspecified atom stereocenters. The number of benzene rings is 1. The van der Waals surface area contributed by atoms with Crippen molar-refractivity contribution in [3.63, 3.8) is 0 Å². The maximum Gasteiger partial charge on any atom is 0.240 e. The van der Waals surface area contributed by atoms with Crippen LogP contribution in [0.1, 0.15) is 18.5 Å². The van der Waals surface area contributed by atoms with Crippen LogP contribution in [0.3, 0.4) is 0 Å². The van der Waals surface area contributed by atoms with Gasteiger partial charge in [0.25, 0.3) is 0 Å². The molecule has 102 valence electrons. The van der Waals surface area contributed by atoms with Crippen molar-refractivity contribution >= 4 is 5.91 Å². The number of carbonyl (C=O) groups is 1. The molecule has 1 fully saturated rings. The zero-order valence-electron chi connectivity index (χ0n) is 10.9. The van der Waals surface area contributed by atoms with Crippen LogP contribution in [0.4, 0.5) is 0 Å². The smallest absolute Gasteiger partial charge is 0.240 e. The minimum absolute atomic E-state index is 0.0301. The summed E-state index contributed by atoms with van der Waals surface area (Å²) in [5.74, 6) is 0.825. The Morgan fingerprint density at radius 3 is 3.11 bits per heavy atom. The van der Waals surface area contributed by atoms with Crippen LogP contribution >= 0.6 is 0 Å². The summed E-state index contributed by atoms with van der Waals surface area (Å²) < 4.78 is 11.1. The van der Waals surface area contributed by atoms with Gasteiger partial charge in [0, 0.05) is 12.1 Å². The van der Waals surface area contributed by atoms with Crippen LogP contribution in [0, 0.1) is 0 Å². The van der Waals surface area contributed by atoms with Crippen LogP contribution in [0.5, 0.6) is 5.75 Å². The highest BCUT2D eigenvalue weighted by Gasteiger charge is 2.32. The van der Waals surface area contributed by atoms with Crippen molar-refractivity contribution in [2.45, 2.75) is 25.1 Å². The number of para-hydroxylation sites is 1. The molecule has 2 aliphatic heterocycles. The Morgan fingerprint density at radius 2 is 2.26 bits per heavy atom. The highest BCUT2D eigenvalue weighted by molar-refractivity contribution is 5.83. The molecule has 1 amide bonds. The van der Waals surface area contributed by atoms with Gasteiger partial charge >= 0.3 is 0 Å². The molecule has 0 radical (unpaired) electrons. The molecule has 2 N–H and O–H groups in total. The molecular formula is C14H18N2O3. The quantitative estimate of drug-likeness (QED) is 0.820. The largest absolute Gasteiger partial charge is 0.491 e. The van der Waals surface area contributed by atoms with Crippen LogP contribution in [0.15, 0.2) is 24.3 Å². The Labute approximate surface area is 112 Å². The van der Waals surface area contributed by atoms with Crippen molar-refractivity contribution in [3.05, 3.63) is 29.8 Å². The summed E-state index contributed by atoms with van der Waals surface area (Å²) in [5, 5.41) is 6.22. The summed E-state index contributed by atoms with van der Waals surface area (Å²) in [7, 11) is 0. The first-order chi connectivity index (χ1) is 9.25. The third-order valence-corrected chi connectivity index (χ3v) is 3.62. The Morgan fingerprint density at radius 1 is 1.42 bits per heavy atom. The van der Waals surface area contributed by atoms with Gasteiger partial charge in [0.2, 0.25) is 5.91 Å². The topological polar surface area (TPSA) is 59.6 Å². The lowest BCUT2D eigenvalue weighted by molar-refractivity contribution is -0.129. The Balaban J connectivity index is 1.67. The van der Waals surface area contributed by atoms with Crippen LogP contribution in [0.2, 0.25) is 0 Å². The molecule has 0 spiro atoms. The van der Waals surface area contributed by atoms with E-state index < -0.39 is 0 Å². The predicted molar refractivity (Wildman–Crippen MR) is 70.0 cm³/mol. The fraction of sp³-hybridized carbons (Fsp3) is 0.500. The van der Waals surface area contributed by atoms with E-state index in [2.05, 4.69) is 10.6 Å². The van der Waals surface area contributed by atoms with Crippen molar-refractivity contribution in [3.8, 4) is 5.75 Å². The van der Waals surface area contributed by atoms with E-state index in [0.717, 1.165) is 11.3 Å². The first kappa shape index (κ1) is 12.4. The van der Waals surface area contributed by atoms with Crippen LogP contribution in [-0.2, 0) is 9.53 Å². The third-order valence-electron chi connectivity index (χ3n) is 3.62. The normalized spacial score (nSPS) is 29.4. The van der Waals surface area contributed by atoms with E-state index in [-0.39, 0.29) is 24.1 Å². The number of amides is 1. The SMILES string of the molecule is C[C@H]1OCCN[C@@H]1C(=O)NC1COc2ccccc21. The zero-order valence-corrected chi connectivity index (χ0v) is 10.9. The van der Waals surface area contributed by atoms with Gasteiger partial charge in [-0.05, 0) is 13.0 Å². The molecule has 3 rings (SSSR count). The van der Waals surface area contributed by atoms with E-state index in [9.17, 15) is 4.79 Å². The molecule has 3 atom stereocenters. The number of nitrogens with one attached hydrogen (secondary N) is 2. The number of rotatable bonds is 2. The fourth-order valence-electron chi connectivity index (χ4n) is 2.57. The van der Waals surface area contributed by atoms with Crippen LogP contribution in [-0.4, -0.2) is 37.8 Å². The number of morpholine rings is 1. The van der Waals surface area contributed by atoms with Crippen molar-refractivity contribution in [1.29, 1.82) is 0 Å². The lowest BCUT2D eigenvalue weighted by Gasteiger charge is -2.30. The van der Waals surface area contributed by atoms with Crippen molar-refractivity contribution in [2.75, 3.05) is 19.8 Å². The average molecular weight is 262 g/mol. The monoisotopic (exact) mass is 262 g/mol. The molecule has 0 aromatic heterocycles. The summed E-state index contributed by atoms with van der Waals surface area (Å²) >= 11 is 0. The molecule has 1 aromatic carbocycles. The molecule has 0 aliphatic carbocycles. The van der Waals surface area contributed by atoms with Gasteiger partial charge in [0.15, 0.2) is 0 Å². The molecule has 5 heteroatoms. The first-order valence-electron chi connectivity index (χ1n) is 6.63. The zero-order chi connectivity index (χ0) is 13.2. The second-order valence-electron chi connectivity index (χ2n) is 4.92. The standard InChI is InChI=1S/C14H18N2O3/c1-9-13(15-6-7-18-9)14(17)16-11-8-19-12-5-3-2-4-10(11)12/h2-5,9,11,13,15H,6-8H2,1H3,(H,16,17)/t9-,11?,13+/m1/s1. The lowest BCUT2D eigenvalue weighted by atomic mass is 10.1.